The number of amides is 2. The van der Waals surface area contributed by atoms with Crippen molar-refractivity contribution in [2.24, 2.45) is 0 Å². The van der Waals surface area contributed by atoms with Crippen LogP contribution in [0.4, 0.5) is 10.5 Å². The summed E-state index contributed by atoms with van der Waals surface area (Å²) in [5.41, 5.74) is 2.35. The largest absolute Gasteiger partial charge is 0.493 e. The smallest absolute Gasteiger partial charge is 0.322 e. The van der Waals surface area contributed by atoms with Gasteiger partial charge in [-0.1, -0.05) is 0 Å². The Balaban J connectivity index is 1.47. The molecule has 172 valence electrons. The average Bonchev–Trinajstić information content (AvgIpc) is 3.40. The predicted octanol–water partition coefficient (Wildman–Crippen LogP) is 4.51. The van der Waals surface area contributed by atoms with Crippen LogP contribution in [-0.4, -0.2) is 43.4 Å². The van der Waals surface area contributed by atoms with Crippen molar-refractivity contribution >= 4 is 34.0 Å². The van der Waals surface area contributed by atoms with Gasteiger partial charge in [0.05, 0.1) is 32.0 Å². The summed E-state index contributed by atoms with van der Waals surface area (Å²) in [7, 11) is 3.18. The molecule has 0 spiro atoms. The summed E-state index contributed by atoms with van der Waals surface area (Å²) >= 11 is 1.49. The first-order valence-electron chi connectivity index (χ1n) is 10.6. The van der Waals surface area contributed by atoms with Gasteiger partial charge >= 0.3 is 6.03 Å². The number of nitrogens with one attached hydrogen (secondary N) is 1. The van der Waals surface area contributed by atoms with Crippen LogP contribution in [0.2, 0.25) is 0 Å². The fraction of sp³-hybridized carbons (Fsp3) is 0.208. The van der Waals surface area contributed by atoms with Crippen LogP contribution in [0, 0.1) is 0 Å². The first kappa shape index (κ1) is 20.5. The Labute approximate surface area is 198 Å². The maximum Gasteiger partial charge on any atom is 0.322 e. The second kappa shape index (κ2) is 8.07. The van der Waals surface area contributed by atoms with Gasteiger partial charge in [-0.15, -0.1) is 11.3 Å². The molecule has 4 aromatic rings. The standard InChI is InChI=1S/C24H20N4O5S/c1-30-18-11-14-16(12-19(18)31-2)25-4-3-17(14)33-13-9-15-21(23-26-5-8-34-23)27-24(29)28-6-7-32-20(10-13)22(15)28/h3-5,8-12,21H,6-7H2,1-2H3,(H,27,29). The quantitative estimate of drug-likeness (QED) is 0.453. The van der Waals surface area contributed by atoms with Gasteiger partial charge in [-0.2, -0.15) is 0 Å². The molecule has 2 amide bonds. The Kier molecular flexibility index (Phi) is 4.88. The Bertz CT molecular complexity index is 1410. The van der Waals surface area contributed by atoms with Crippen molar-refractivity contribution in [1.82, 2.24) is 15.3 Å². The minimum absolute atomic E-state index is 0.160. The van der Waals surface area contributed by atoms with E-state index in [1.807, 2.05) is 29.6 Å². The van der Waals surface area contributed by atoms with E-state index in [0.717, 1.165) is 21.6 Å². The van der Waals surface area contributed by atoms with Crippen molar-refractivity contribution in [3.63, 3.8) is 0 Å². The third kappa shape index (κ3) is 3.26. The summed E-state index contributed by atoms with van der Waals surface area (Å²) < 4.78 is 23.2. The molecule has 0 bridgehead atoms. The van der Waals surface area contributed by atoms with Gasteiger partial charge in [-0.05, 0) is 18.2 Å². The summed E-state index contributed by atoms with van der Waals surface area (Å²) in [6.45, 7) is 0.883. The number of anilines is 1. The number of rotatable bonds is 5. The molecule has 2 aromatic carbocycles. The van der Waals surface area contributed by atoms with Gasteiger partial charge in [0, 0.05) is 40.9 Å². The number of methoxy groups -OCH3 is 2. The Hall–Kier alpha value is -4.05. The third-order valence-electron chi connectivity index (χ3n) is 5.88. The second-order valence-corrected chi connectivity index (χ2v) is 8.67. The Morgan fingerprint density at radius 2 is 1.94 bits per heavy atom. The number of hydrogen-bond donors (Lipinski definition) is 1. The van der Waals surface area contributed by atoms with Crippen molar-refractivity contribution in [2.45, 2.75) is 6.04 Å². The molecule has 0 saturated heterocycles. The number of carbonyl (C=O) groups excluding carboxylic acids is 1. The molecule has 1 unspecified atom stereocenters. The average molecular weight is 477 g/mol. The summed E-state index contributed by atoms with van der Waals surface area (Å²) in [4.78, 5) is 23.4. The minimum Gasteiger partial charge on any atom is -0.493 e. The first-order valence-corrected chi connectivity index (χ1v) is 11.5. The van der Waals surface area contributed by atoms with E-state index in [2.05, 4.69) is 15.3 Å². The topological polar surface area (TPSA) is 95.0 Å². The van der Waals surface area contributed by atoms with Crippen LogP contribution in [0.15, 0.2) is 48.1 Å². The van der Waals surface area contributed by atoms with Crippen molar-refractivity contribution < 1.29 is 23.7 Å². The number of ether oxygens (including phenoxy) is 4. The molecular weight excluding hydrogens is 456 g/mol. The van der Waals surface area contributed by atoms with Crippen LogP contribution in [0.3, 0.4) is 0 Å². The first-order chi connectivity index (χ1) is 16.7. The zero-order chi connectivity index (χ0) is 23.2. The van der Waals surface area contributed by atoms with Crippen molar-refractivity contribution in [1.29, 1.82) is 0 Å². The molecule has 6 rings (SSSR count). The van der Waals surface area contributed by atoms with E-state index >= 15 is 0 Å². The van der Waals surface area contributed by atoms with E-state index in [1.165, 1.54) is 11.3 Å². The van der Waals surface area contributed by atoms with Crippen molar-refractivity contribution in [3.05, 3.63) is 58.7 Å². The third-order valence-corrected chi connectivity index (χ3v) is 6.72. The highest BCUT2D eigenvalue weighted by Crippen LogP contribution is 2.47. The lowest BCUT2D eigenvalue weighted by molar-refractivity contribution is 0.234. The Morgan fingerprint density at radius 1 is 1.09 bits per heavy atom. The van der Waals surface area contributed by atoms with Gasteiger partial charge in [0.15, 0.2) is 11.5 Å². The summed E-state index contributed by atoms with van der Waals surface area (Å²) in [5.74, 6) is 2.96. The number of aromatic nitrogens is 2. The molecule has 0 radical (unpaired) electrons. The fourth-order valence-corrected chi connectivity index (χ4v) is 5.06. The van der Waals surface area contributed by atoms with Gasteiger partial charge in [-0.3, -0.25) is 9.88 Å². The van der Waals surface area contributed by atoms with Gasteiger partial charge in [0.25, 0.3) is 0 Å². The lowest BCUT2D eigenvalue weighted by Gasteiger charge is -2.38. The highest BCUT2D eigenvalue weighted by molar-refractivity contribution is 7.09. The van der Waals surface area contributed by atoms with E-state index in [0.29, 0.717) is 47.4 Å². The number of hydrogen-bond acceptors (Lipinski definition) is 8. The van der Waals surface area contributed by atoms with Gasteiger partial charge in [-0.25, -0.2) is 9.78 Å². The molecule has 4 heterocycles. The van der Waals surface area contributed by atoms with Crippen LogP contribution >= 0.6 is 11.3 Å². The Morgan fingerprint density at radius 3 is 2.74 bits per heavy atom. The van der Waals surface area contributed by atoms with Gasteiger partial charge in [0.2, 0.25) is 0 Å². The molecule has 0 saturated carbocycles. The van der Waals surface area contributed by atoms with Gasteiger partial charge in [0.1, 0.15) is 34.9 Å². The fourth-order valence-electron chi connectivity index (χ4n) is 4.36. The maximum atomic E-state index is 12.8. The van der Waals surface area contributed by atoms with Crippen LogP contribution in [0.25, 0.3) is 10.9 Å². The van der Waals surface area contributed by atoms with Gasteiger partial charge < -0.3 is 24.3 Å². The number of nitrogens with zero attached hydrogens (tertiary/aromatic N) is 3. The number of thiazole rings is 1. The number of carbonyl (C=O) groups is 1. The summed E-state index contributed by atoms with van der Waals surface area (Å²) in [5, 5.41) is 6.53. The molecule has 10 heteroatoms. The van der Waals surface area contributed by atoms with Crippen LogP contribution in [0.5, 0.6) is 28.7 Å². The molecule has 2 aliphatic heterocycles. The van der Waals surface area contributed by atoms with E-state index in [9.17, 15) is 4.79 Å². The molecule has 1 atom stereocenters. The van der Waals surface area contributed by atoms with Crippen molar-refractivity contribution in [2.75, 3.05) is 32.3 Å². The number of fused-ring (bicyclic) bond motifs is 1. The molecule has 0 fully saturated rings. The normalized spacial score (nSPS) is 16.5. The predicted molar refractivity (Wildman–Crippen MR) is 127 cm³/mol. The molecule has 2 aromatic heterocycles. The summed E-state index contributed by atoms with van der Waals surface area (Å²) in [6.07, 6.45) is 3.41. The lowest BCUT2D eigenvalue weighted by atomic mass is 9.99. The monoisotopic (exact) mass is 476 g/mol. The minimum atomic E-state index is -0.388. The highest BCUT2D eigenvalue weighted by atomic mass is 32.1. The van der Waals surface area contributed by atoms with E-state index in [4.69, 9.17) is 18.9 Å². The molecule has 0 aliphatic carbocycles. The van der Waals surface area contributed by atoms with E-state index in [1.54, 1.807) is 37.6 Å². The van der Waals surface area contributed by atoms with Crippen molar-refractivity contribution in [3.8, 4) is 28.7 Å². The summed E-state index contributed by atoms with van der Waals surface area (Å²) in [6, 6.07) is 8.65. The van der Waals surface area contributed by atoms with Crippen LogP contribution in [-0.2, 0) is 0 Å². The number of pyridine rings is 1. The zero-order valence-electron chi connectivity index (χ0n) is 18.4. The lowest BCUT2D eigenvalue weighted by Crippen LogP contribution is -2.50. The molecule has 9 nitrogen and oxygen atoms in total. The van der Waals surface area contributed by atoms with E-state index < -0.39 is 0 Å². The molecule has 34 heavy (non-hydrogen) atoms. The highest BCUT2D eigenvalue weighted by Gasteiger charge is 2.37. The van der Waals surface area contributed by atoms with Crippen LogP contribution < -0.4 is 29.2 Å². The molecule has 2 aliphatic rings. The van der Waals surface area contributed by atoms with Crippen LogP contribution in [0.1, 0.15) is 16.6 Å². The molecular formula is C24H20N4O5S. The SMILES string of the molecule is COc1cc2nccc(Oc3cc4c5c(c3)C(c3nccs3)NC(=O)N5CCO4)c2cc1OC. The van der Waals surface area contributed by atoms with E-state index in [-0.39, 0.29) is 12.1 Å². The number of urea groups is 1. The maximum absolute atomic E-state index is 12.8. The number of benzene rings is 2. The second-order valence-electron chi connectivity index (χ2n) is 7.75. The zero-order valence-corrected chi connectivity index (χ0v) is 19.2. The molecule has 1 N–H and O–H groups in total.